The number of anilines is 1. The van der Waals surface area contributed by atoms with Crippen LogP contribution in [0.15, 0.2) is 24.3 Å². The highest BCUT2D eigenvalue weighted by Gasteiger charge is 2.32. The quantitative estimate of drug-likeness (QED) is 0.735. The number of carbonyl (C=O) groups excluding carboxylic acids is 1. The van der Waals surface area contributed by atoms with Crippen LogP contribution in [0.3, 0.4) is 0 Å². The van der Waals surface area contributed by atoms with Gasteiger partial charge in [-0.25, -0.2) is 0 Å². The molecule has 4 nitrogen and oxygen atoms in total. The van der Waals surface area contributed by atoms with Crippen LogP contribution in [0.25, 0.3) is 0 Å². The fraction of sp³-hybridized carbons (Fsp3) is 0.611. The Morgan fingerprint density at radius 3 is 2.36 bits per heavy atom. The first-order valence-corrected chi connectivity index (χ1v) is 8.17. The molecule has 1 N–H and O–H groups in total. The number of ether oxygens (including phenoxy) is 2. The van der Waals surface area contributed by atoms with E-state index >= 15 is 0 Å². The maximum atomic E-state index is 12.5. The van der Waals surface area contributed by atoms with Crippen LogP contribution in [0.5, 0.6) is 5.75 Å². The van der Waals surface area contributed by atoms with E-state index in [1.54, 1.807) is 0 Å². The molecule has 0 aliphatic carbocycles. The molecule has 22 heavy (non-hydrogen) atoms. The predicted molar refractivity (Wildman–Crippen MR) is 90.4 cm³/mol. The molecule has 0 unspecified atom stereocenters. The van der Waals surface area contributed by atoms with Crippen LogP contribution >= 0.6 is 0 Å². The molecule has 0 saturated heterocycles. The molecular formula is C18H29NO3. The van der Waals surface area contributed by atoms with Crippen molar-refractivity contribution in [2.24, 2.45) is 0 Å². The third kappa shape index (κ3) is 5.34. The Morgan fingerprint density at radius 1 is 1.23 bits per heavy atom. The summed E-state index contributed by atoms with van der Waals surface area (Å²) in [5.74, 6) is 0.709. The fourth-order valence-electron chi connectivity index (χ4n) is 2.24. The zero-order valence-electron chi connectivity index (χ0n) is 14.4. The van der Waals surface area contributed by atoms with E-state index in [0.717, 1.165) is 24.3 Å². The zero-order valence-corrected chi connectivity index (χ0v) is 14.4. The van der Waals surface area contributed by atoms with Crippen molar-refractivity contribution < 1.29 is 14.3 Å². The molecule has 0 aromatic heterocycles. The van der Waals surface area contributed by atoms with Crippen LogP contribution in [-0.4, -0.2) is 24.2 Å². The summed E-state index contributed by atoms with van der Waals surface area (Å²) in [6, 6.07) is 7.46. The van der Waals surface area contributed by atoms with Gasteiger partial charge in [-0.3, -0.25) is 4.79 Å². The van der Waals surface area contributed by atoms with Crippen LogP contribution in [0.4, 0.5) is 5.69 Å². The molecule has 0 aliphatic heterocycles. The second-order valence-corrected chi connectivity index (χ2v) is 5.73. The van der Waals surface area contributed by atoms with E-state index in [4.69, 9.17) is 9.47 Å². The first-order chi connectivity index (χ1) is 10.4. The minimum absolute atomic E-state index is 0.105. The number of hydrogen-bond donors (Lipinski definition) is 1. The number of nitrogens with one attached hydrogen (secondary N) is 1. The lowest BCUT2D eigenvalue weighted by Gasteiger charge is -2.27. The van der Waals surface area contributed by atoms with Crippen molar-refractivity contribution in [3.63, 3.8) is 0 Å². The minimum Gasteiger partial charge on any atom is -0.491 e. The van der Waals surface area contributed by atoms with Gasteiger partial charge < -0.3 is 14.8 Å². The third-order valence-electron chi connectivity index (χ3n) is 3.69. The van der Waals surface area contributed by atoms with Crippen molar-refractivity contribution >= 4 is 11.6 Å². The van der Waals surface area contributed by atoms with E-state index in [-0.39, 0.29) is 12.0 Å². The number of benzene rings is 1. The average molecular weight is 307 g/mol. The Morgan fingerprint density at radius 2 is 1.86 bits per heavy atom. The minimum atomic E-state index is -0.782. The van der Waals surface area contributed by atoms with Crippen molar-refractivity contribution in [3.05, 3.63) is 24.3 Å². The number of hydrogen-bond acceptors (Lipinski definition) is 3. The lowest BCUT2D eigenvalue weighted by Crippen LogP contribution is -2.42. The molecule has 1 aromatic rings. The predicted octanol–water partition coefficient (Wildman–Crippen LogP) is 4.40. The van der Waals surface area contributed by atoms with E-state index in [0.29, 0.717) is 13.0 Å². The molecule has 1 aromatic carbocycles. The van der Waals surface area contributed by atoms with Crippen LogP contribution in [0.1, 0.15) is 53.9 Å². The summed E-state index contributed by atoms with van der Waals surface area (Å²) in [4.78, 5) is 12.5. The fourth-order valence-corrected chi connectivity index (χ4v) is 2.24. The number of rotatable bonds is 9. The van der Waals surface area contributed by atoms with Crippen molar-refractivity contribution in [3.8, 4) is 5.75 Å². The van der Waals surface area contributed by atoms with E-state index in [9.17, 15) is 4.79 Å². The van der Waals surface area contributed by atoms with Gasteiger partial charge in [0.25, 0.3) is 5.91 Å². The van der Waals surface area contributed by atoms with Crippen LogP contribution in [0, 0.1) is 0 Å². The molecule has 0 radical (unpaired) electrons. The molecule has 0 bridgehead atoms. The van der Waals surface area contributed by atoms with Crippen molar-refractivity contribution in [2.75, 3.05) is 11.9 Å². The summed E-state index contributed by atoms with van der Waals surface area (Å²) >= 11 is 0. The molecule has 124 valence electrons. The molecule has 1 amide bonds. The highest BCUT2D eigenvalue weighted by atomic mass is 16.5. The van der Waals surface area contributed by atoms with Gasteiger partial charge in [0, 0.05) is 12.3 Å². The first kappa shape index (κ1) is 18.5. The summed E-state index contributed by atoms with van der Waals surface area (Å²) in [7, 11) is 0. The maximum absolute atomic E-state index is 12.5. The van der Waals surface area contributed by atoms with Gasteiger partial charge in [0.15, 0.2) is 0 Å². The van der Waals surface area contributed by atoms with E-state index in [1.165, 1.54) is 0 Å². The first-order valence-electron chi connectivity index (χ1n) is 8.17. The lowest BCUT2D eigenvalue weighted by atomic mass is 9.99. The van der Waals surface area contributed by atoms with Crippen molar-refractivity contribution in [1.82, 2.24) is 0 Å². The molecule has 1 rings (SSSR count). The molecule has 0 fully saturated rings. The SMILES string of the molecule is CCC[C@](C)(OCC)C(=O)Nc1ccc(O[C@H](C)CC)cc1. The summed E-state index contributed by atoms with van der Waals surface area (Å²) in [5, 5.41) is 2.93. The molecule has 0 heterocycles. The Hall–Kier alpha value is -1.55. The standard InChI is InChI=1S/C18H29NO3/c1-6-13-18(5,21-8-3)17(20)19-15-9-11-16(12-10-15)22-14(4)7-2/h9-12,14H,6-8,13H2,1-5H3,(H,19,20)/t14-,18+/m1/s1. The Labute approximate surface area is 134 Å². The summed E-state index contributed by atoms with van der Waals surface area (Å²) in [6.45, 7) is 10.4. The van der Waals surface area contributed by atoms with Crippen molar-refractivity contribution in [2.45, 2.75) is 65.6 Å². The van der Waals surface area contributed by atoms with E-state index < -0.39 is 5.60 Å². The topological polar surface area (TPSA) is 47.6 Å². The molecule has 2 atom stereocenters. The molecule has 0 aliphatic rings. The normalized spacial score (nSPS) is 15.0. The average Bonchev–Trinajstić information content (AvgIpc) is 2.49. The van der Waals surface area contributed by atoms with Crippen LogP contribution < -0.4 is 10.1 Å². The number of amides is 1. The molecular weight excluding hydrogens is 278 g/mol. The molecule has 4 heteroatoms. The Kier molecular flexibility index (Phi) is 7.39. The maximum Gasteiger partial charge on any atom is 0.256 e. The van der Waals surface area contributed by atoms with Gasteiger partial charge in [0.1, 0.15) is 11.4 Å². The second-order valence-electron chi connectivity index (χ2n) is 5.73. The van der Waals surface area contributed by atoms with E-state index in [2.05, 4.69) is 12.2 Å². The van der Waals surface area contributed by atoms with Gasteiger partial charge >= 0.3 is 0 Å². The monoisotopic (exact) mass is 307 g/mol. The smallest absolute Gasteiger partial charge is 0.256 e. The van der Waals surface area contributed by atoms with Crippen LogP contribution in [0.2, 0.25) is 0 Å². The van der Waals surface area contributed by atoms with E-state index in [1.807, 2.05) is 52.0 Å². The lowest BCUT2D eigenvalue weighted by molar-refractivity contribution is -0.139. The second kappa shape index (κ2) is 8.79. The van der Waals surface area contributed by atoms with Crippen molar-refractivity contribution in [1.29, 1.82) is 0 Å². The van der Waals surface area contributed by atoms with Gasteiger partial charge in [0.2, 0.25) is 0 Å². The summed E-state index contributed by atoms with van der Waals surface area (Å²) in [5.41, 5.74) is -0.0291. The summed E-state index contributed by atoms with van der Waals surface area (Å²) < 4.78 is 11.4. The number of carbonyl (C=O) groups is 1. The highest BCUT2D eigenvalue weighted by Crippen LogP contribution is 2.22. The van der Waals surface area contributed by atoms with Gasteiger partial charge in [-0.1, -0.05) is 20.3 Å². The largest absolute Gasteiger partial charge is 0.491 e. The summed E-state index contributed by atoms with van der Waals surface area (Å²) in [6.07, 6.45) is 2.74. The Bertz CT molecular complexity index is 450. The Balaban J connectivity index is 2.71. The molecule has 0 saturated carbocycles. The van der Waals surface area contributed by atoms with Gasteiger partial charge in [-0.15, -0.1) is 0 Å². The van der Waals surface area contributed by atoms with Crippen LogP contribution in [-0.2, 0) is 9.53 Å². The van der Waals surface area contributed by atoms with Gasteiger partial charge in [0.05, 0.1) is 6.10 Å². The zero-order chi connectivity index (χ0) is 16.6. The third-order valence-corrected chi connectivity index (χ3v) is 3.69. The van der Waals surface area contributed by atoms with Gasteiger partial charge in [-0.05, 0) is 57.9 Å². The molecule has 0 spiro atoms. The van der Waals surface area contributed by atoms with Gasteiger partial charge in [-0.2, -0.15) is 0 Å². The highest BCUT2D eigenvalue weighted by molar-refractivity contribution is 5.97.